The van der Waals surface area contributed by atoms with Crippen molar-refractivity contribution in [3.05, 3.63) is 52.5 Å². The van der Waals surface area contributed by atoms with Crippen LogP contribution in [-0.4, -0.2) is 19.6 Å². The number of methoxy groups -OCH3 is 1. The number of rotatable bonds is 6. The Balaban J connectivity index is 1.78. The SMILES string of the molecule is COc1ccc(NC(=O)CCNc2ccc(Cl)c(Cl)c2)cc1. The van der Waals surface area contributed by atoms with E-state index in [4.69, 9.17) is 27.9 Å². The highest BCUT2D eigenvalue weighted by Crippen LogP contribution is 2.24. The lowest BCUT2D eigenvalue weighted by molar-refractivity contribution is -0.115. The molecule has 1 amide bonds. The molecule has 2 aromatic carbocycles. The van der Waals surface area contributed by atoms with Gasteiger partial charge in [0.25, 0.3) is 0 Å². The summed E-state index contributed by atoms with van der Waals surface area (Å²) in [5.74, 6) is 0.678. The first-order chi connectivity index (χ1) is 10.6. The van der Waals surface area contributed by atoms with Gasteiger partial charge in [-0.25, -0.2) is 0 Å². The molecule has 0 aliphatic carbocycles. The molecule has 0 heterocycles. The number of hydrogen-bond donors (Lipinski definition) is 2. The lowest BCUT2D eigenvalue weighted by Gasteiger charge is -2.09. The number of carbonyl (C=O) groups is 1. The van der Waals surface area contributed by atoms with Gasteiger partial charge in [-0.1, -0.05) is 23.2 Å². The zero-order valence-electron chi connectivity index (χ0n) is 12.0. The molecule has 2 rings (SSSR count). The van der Waals surface area contributed by atoms with Gasteiger partial charge in [-0.3, -0.25) is 4.79 Å². The topological polar surface area (TPSA) is 50.4 Å². The van der Waals surface area contributed by atoms with E-state index in [1.165, 1.54) is 0 Å². The average molecular weight is 339 g/mol. The molecular formula is C16H16Cl2N2O2. The van der Waals surface area contributed by atoms with E-state index in [0.29, 0.717) is 23.0 Å². The molecule has 0 aliphatic heterocycles. The minimum absolute atomic E-state index is 0.0715. The molecule has 0 aromatic heterocycles. The highest BCUT2D eigenvalue weighted by Gasteiger charge is 2.03. The molecule has 22 heavy (non-hydrogen) atoms. The molecule has 0 saturated carbocycles. The van der Waals surface area contributed by atoms with Crippen molar-refractivity contribution in [2.75, 3.05) is 24.3 Å². The summed E-state index contributed by atoms with van der Waals surface area (Å²) in [6.45, 7) is 0.500. The molecule has 116 valence electrons. The summed E-state index contributed by atoms with van der Waals surface area (Å²) < 4.78 is 5.06. The van der Waals surface area contributed by atoms with E-state index in [0.717, 1.165) is 17.1 Å². The predicted octanol–water partition coefficient (Wildman–Crippen LogP) is 4.44. The minimum atomic E-state index is -0.0715. The van der Waals surface area contributed by atoms with Gasteiger partial charge >= 0.3 is 0 Å². The molecule has 0 aliphatic rings. The molecule has 0 spiro atoms. The predicted molar refractivity (Wildman–Crippen MR) is 91.2 cm³/mol. The number of amides is 1. The van der Waals surface area contributed by atoms with Crippen LogP contribution < -0.4 is 15.4 Å². The molecule has 0 unspecified atom stereocenters. The normalized spacial score (nSPS) is 10.1. The smallest absolute Gasteiger partial charge is 0.226 e. The first-order valence-electron chi connectivity index (χ1n) is 6.71. The summed E-state index contributed by atoms with van der Waals surface area (Å²) in [6.07, 6.45) is 0.340. The number of benzene rings is 2. The summed E-state index contributed by atoms with van der Waals surface area (Å²) in [4.78, 5) is 11.8. The highest BCUT2D eigenvalue weighted by atomic mass is 35.5. The van der Waals surface area contributed by atoms with Gasteiger partial charge in [0.15, 0.2) is 0 Å². The Bertz CT molecular complexity index is 645. The summed E-state index contributed by atoms with van der Waals surface area (Å²) in [5, 5.41) is 6.93. The van der Waals surface area contributed by atoms with Gasteiger partial charge in [-0.2, -0.15) is 0 Å². The van der Waals surface area contributed by atoms with Crippen LogP contribution in [0.25, 0.3) is 0 Å². The lowest BCUT2D eigenvalue weighted by Crippen LogP contribution is -2.16. The standard InChI is InChI=1S/C16H16Cl2N2O2/c1-22-13-5-2-11(3-6-13)20-16(21)8-9-19-12-4-7-14(17)15(18)10-12/h2-7,10,19H,8-9H2,1H3,(H,20,21). The van der Waals surface area contributed by atoms with Crippen LogP contribution in [0, 0.1) is 0 Å². The second kappa shape index (κ2) is 7.92. The molecule has 0 bridgehead atoms. The van der Waals surface area contributed by atoms with Crippen LogP contribution in [0.4, 0.5) is 11.4 Å². The Morgan fingerprint density at radius 1 is 1.05 bits per heavy atom. The number of ether oxygens (including phenoxy) is 1. The molecule has 0 fully saturated rings. The molecule has 0 atom stereocenters. The van der Waals surface area contributed by atoms with E-state index >= 15 is 0 Å². The monoisotopic (exact) mass is 338 g/mol. The zero-order valence-corrected chi connectivity index (χ0v) is 13.5. The number of anilines is 2. The van der Waals surface area contributed by atoms with E-state index in [2.05, 4.69) is 10.6 Å². The lowest BCUT2D eigenvalue weighted by atomic mass is 10.2. The van der Waals surface area contributed by atoms with Gasteiger partial charge in [0, 0.05) is 24.3 Å². The number of carbonyl (C=O) groups excluding carboxylic acids is 1. The fourth-order valence-electron chi connectivity index (χ4n) is 1.82. The van der Waals surface area contributed by atoms with Gasteiger partial charge in [-0.15, -0.1) is 0 Å². The third-order valence-corrected chi connectivity index (χ3v) is 3.71. The van der Waals surface area contributed by atoms with Crippen LogP contribution in [0.15, 0.2) is 42.5 Å². The van der Waals surface area contributed by atoms with Gasteiger partial charge in [-0.05, 0) is 42.5 Å². The van der Waals surface area contributed by atoms with Crippen LogP contribution in [0.2, 0.25) is 10.0 Å². The van der Waals surface area contributed by atoms with Crippen LogP contribution >= 0.6 is 23.2 Å². The fourth-order valence-corrected chi connectivity index (χ4v) is 2.12. The van der Waals surface area contributed by atoms with E-state index in [-0.39, 0.29) is 5.91 Å². The van der Waals surface area contributed by atoms with Gasteiger partial charge < -0.3 is 15.4 Å². The molecular weight excluding hydrogens is 323 g/mol. The Kier molecular flexibility index (Phi) is 5.92. The zero-order chi connectivity index (χ0) is 15.9. The highest BCUT2D eigenvalue weighted by molar-refractivity contribution is 6.42. The van der Waals surface area contributed by atoms with Crippen LogP contribution in [0.3, 0.4) is 0 Å². The molecule has 0 saturated heterocycles. The first-order valence-corrected chi connectivity index (χ1v) is 7.47. The van der Waals surface area contributed by atoms with Crippen LogP contribution in [0.5, 0.6) is 5.75 Å². The van der Waals surface area contributed by atoms with Crippen molar-refractivity contribution in [3.63, 3.8) is 0 Å². The van der Waals surface area contributed by atoms with E-state index in [1.54, 1.807) is 43.5 Å². The van der Waals surface area contributed by atoms with Gasteiger partial charge in [0.05, 0.1) is 17.2 Å². The van der Waals surface area contributed by atoms with Crippen molar-refractivity contribution in [3.8, 4) is 5.75 Å². The molecule has 4 nitrogen and oxygen atoms in total. The van der Waals surface area contributed by atoms with E-state index < -0.39 is 0 Å². The largest absolute Gasteiger partial charge is 0.497 e. The second-order valence-electron chi connectivity index (χ2n) is 4.58. The molecule has 6 heteroatoms. The maximum absolute atomic E-state index is 11.8. The Morgan fingerprint density at radius 2 is 1.73 bits per heavy atom. The summed E-state index contributed by atoms with van der Waals surface area (Å²) in [5.41, 5.74) is 1.56. The van der Waals surface area contributed by atoms with Crippen molar-refractivity contribution in [2.24, 2.45) is 0 Å². The van der Waals surface area contributed by atoms with Crippen molar-refractivity contribution in [2.45, 2.75) is 6.42 Å². The van der Waals surface area contributed by atoms with E-state index in [9.17, 15) is 4.79 Å². The first kappa shape index (κ1) is 16.5. The third-order valence-electron chi connectivity index (χ3n) is 2.97. The van der Waals surface area contributed by atoms with Crippen molar-refractivity contribution >= 4 is 40.5 Å². The average Bonchev–Trinajstić information content (AvgIpc) is 2.51. The van der Waals surface area contributed by atoms with Crippen molar-refractivity contribution < 1.29 is 9.53 Å². The molecule has 2 aromatic rings. The number of halogens is 2. The summed E-state index contributed by atoms with van der Waals surface area (Å²) >= 11 is 11.8. The van der Waals surface area contributed by atoms with Crippen LogP contribution in [0.1, 0.15) is 6.42 Å². The molecule has 0 radical (unpaired) electrons. The van der Waals surface area contributed by atoms with Gasteiger partial charge in [0.2, 0.25) is 5.91 Å². The van der Waals surface area contributed by atoms with Crippen LogP contribution in [-0.2, 0) is 4.79 Å². The maximum Gasteiger partial charge on any atom is 0.226 e. The van der Waals surface area contributed by atoms with Crippen molar-refractivity contribution in [1.29, 1.82) is 0 Å². The Labute approximate surface area is 139 Å². The Hall–Kier alpha value is -1.91. The summed E-state index contributed by atoms with van der Waals surface area (Å²) in [6, 6.07) is 12.4. The molecule has 2 N–H and O–H groups in total. The van der Waals surface area contributed by atoms with Crippen molar-refractivity contribution in [1.82, 2.24) is 0 Å². The number of hydrogen-bond acceptors (Lipinski definition) is 3. The quantitative estimate of drug-likeness (QED) is 0.818. The van der Waals surface area contributed by atoms with Gasteiger partial charge in [0.1, 0.15) is 5.75 Å². The second-order valence-corrected chi connectivity index (χ2v) is 5.40. The maximum atomic E-state index is 11.8. The van der Waals surface area contributed by atoms with E-state index in [1.807, 2.05) is 6.07 Å². The Morgan fingerprint density at radius 3 is 2.36 bits per heavy atom. The number of nitrogens with one attached hydrogen (secondary N) is 2. The third kappa shape index (κ3) is 4.83. The summed E-state index contributed by atoms with van der Waals surface area (Å²) in [7, 11) is 1.60. The fraction of sp³-hybridized carbons (Fsp3) is 0.188. The minimum Gasteiger partial charge on any atom is -0.497 e.